The number of hydrogen-bond acceptors (Lipinski definition) is 6. The van der Waals surface area contributed by atoms with E-state index < -0.39 is 0 Å². The van der Waals surface area contributed by atoms with Gasteiger partial charge >= 0.3 is 0 Å². The van der Waals surface area contributed by atoms with Crippen molar-refractivity contribution >= 4 is 22.4 Å². The van der Waals surface area contributed by atoms with E-state index in [1.165, 1.54) is 17.9 Å². The summed E-state index contributed by atoms with van der Waals surface area (Å²) in [6, 6.07) is 5.33. The van der Waals surface area contributed by atoms with E-state index in [-0.39, 0.29) is 5.56 Å². The highest BCUT2D eigenvalue weighted by atomic mass is 32.1. The third-order valence-corrected chi connectivity index (χ3v) is 3.90. The Kier molecular flexibility index (Phi) is 3.19. The van der Waals surface area contributed by atoms with E-state index >= 15 is 0 Å². The zero-order chi connectivity index (χ0) is 14.1. The van der Waals surface area contributed by atoms with Crippen molar-refractivity contribution in [2.24, 2.45) is 0 Å². The van der Waals surface area contributed by atoms with Gasteiger partial charge in [0.05, 0.1) is 35.9 Å². The summed E-state index contributed by atoms with van der Waals surface area (Å²) in [5.41, 5.74) is 1.32. The van der Waals surface area contributed by atoms with Crippen molar-refractivity contribution in [1.29, 1.82) is 0 Å². The maximum Gasteiger partial charge on any atom is 0.261 e. The molecule has 0 fully saturated rings. The van der Waals surface area contributed by atoms with Crippen LogP contribution < -0.4 is 10.3 Å². The number of nitrogens with zero attached hydrogens (tertiary/aromatic N) is 4. The van der Waals surface area contributed by atoms with E-state index in [1.807, 2.05) is 6.92 Å². The van der Waals surface area contributed by atoms with Crippen LogP contribution in [0.2, 0.25) is 0 Å². The molecule has 7 heteroatoms. The molecule has 0 radical (unpaired) electrons. The third kappa shape index (κ3) is 2.05. The number of aromatic nitrogens is 4. The van der Waals surface area contributed by atoms with Gasteiger partial charge in [0.15, 0.2) is 0 Å². The summed E-state index contributed by atoms with van der Waals surface area (Å²) in [5, 5.41) is 4.49. The van der Waals surface area contributed by atoms with Crippen LogP contribution >= 0.6 is 11.5 Å². The predicted octanol–water partition coefficient (Wildman–Crippen LogP) is 1.61. The number of ether oxygens (including phenoxy) is 1. The molecule has 20 heavy (non-hydrogen) atoms. The lowest BCUT2D eigenvalue weighted by molar-refractivity contribution is 0.418. The highest BCUT2D eigenvalue weighted by Crippen LogP contribution is 2.20. The first-order chi connectivity index (χ1) is 9.70. The van der Waals surface area contributed by atoms with Crippen molar-refractivity contribution in [2.45, 2.75) is 13.5 Å². The summed E-state index contributed by atoms with van der Waals surface area (Å²) in [5.74, 6) is 0.599. The second kappa shape index (κ2) is 5.01. The van der Waals surface area contributed by atoms with Crippen molar-refractivity contribution in [3.63, 3.8) is 0 Å². The molecule has 0 aliphatic heterocycles. The fourth-order valence-electron chi connectivity index (χ4n) is 1.99. The Morgan fingerprint density at radius 3 is 2.95 bits per heavy atom. The topological polar surface area (TPSA) is 69.9 Å². The van der Waals surface area contributed by atoms with E-state index in [0.29, 0.717) is 23.2 Å². The van der Waals surface area contributed by atoms with Gasteiger partial charge in [0, 0.05) is 0 Å². The number of hydrogen-bond donors (Lipinski definition) is 0. The van der Waals surface area contributed by atoms with E-state index in [1.54, 1.807) is 29.9 Å². The lowest BCUT2D eigenvalue weighted by Crippen LogP contribution is -2.21. The zero-order valence-corrected chi connectivity index (χ0v) is 11.8. The second-order valence-electron chi connectivity index (χ2n) is 4.32. The summed E-state index contributed by atoms with van der Waals surface area (Å²) in [7, 11) is 1.56. The molecule has 1 aromatic carbocycles. The molecule has 0 aliphatic rings. The van der Waals surface area contributed by atoms with Gasteiger partial charge in [-0.15, -0.1) is 5.10 Å². The molecule has 0 saturated carbocycles. The molecule has 6 nitrogen and oxygen atoms in total. The first-order valence-corrected chi connectivity index (χ1v) is 6.78. The van der Waals surface area contributed by atoms with E-state index in [2.05, 4.69) is 14.6 Å². The van der Waals surface area contributed by atoms with Crippen molar-refractivity contribution in [3.8, 4) is 5.75 Å². The Balaban J connectivity index is 2.13. The Hall–Kier alpha value is -2.28. The van der Waals surface area contributed by atoms with Crippen LogP contribution in [-0.4, -0.2) is 26.2 Å². The standard InChI is InChI=1S/C13H12N4O2S/c1-8-11(20-16-15-8)6-17-7-14-12-9(13(17)18)4-3-5-10(12)19-2/h3-5,7H,6H2,1-2H3. The Bertz CT molecular complexity index is 825. The second-order valence-corrected chi connectivity index (χ2v) is 5.15. The average molecular weight is 288 g/mol. The van der Waals surface area contributed by atoms with Crippen molar-refractivity contribution < 1.29 is 4.74 Å². The van der Waals surface area contributed by atoms with E-state index in [4.69, 9.17) is 4.74 Å². The summed E-state index contributed by atoms with van der Waals surface area (Å²) in [6.45, 7) is 2.31. The van der Waals surface area contributed by atoms with Gasteiger partial charge in [-0.2, -0.15) is 0 Å². The quantitative estimate of drug-likeness (QED) is 0.732. The molecule has 0 unspecified atom stereocenters. The van der Waals surface area contributed by atoms with Crippen LogP contribution in [0.15, 0.2) is 29.3 Å². The smallest absolute Gasteiger partial charge is 0.261 e. The summed E-state index contributed by atoms with van der Waals surface area (Å²) in [4.78, 5) is 17.7. The lowest BCUT2D eigenvalue weighted by atomic mass is 10.2. The van der Waals surface area contributed by atoms with Crippen LogP contribution in [0.3, 0.4) is 0 Å². The third-order valence-electron chi connectivity index (χ3n) is 3.10. The minimum atomic E-state index is -0.0956. The van der Waals surface area contributed by atoms with Crippen LogP contribution in [0.1, 0.15) is 10.6 Å². The minimum absolute atomic E-state index is 0.0956. The van der Waals surface area contributed by atoms with Crippen LogP contribution in [0.5, 0.6) is 5.75 Å². The lowest BCUT2D eigenvalue weighted by Gasteiger charge is -2.07. The zero-order valence-electron chi connectivity index (χ0n) is 11.0. The minimum Gasteiger partial charge on any atom is -0.494 e. The Labute approximate surface area is 118 Å². The monoisotopic (exact) mass is 288 g/mol. The molecule has 3 aromatic rings. The molecule has 0 saturated heterocycles. The SMILES string of the molecule is COc1cccc2c(=O)n(Cc3snnc3C)cnc12. The molecular formula is C13H12N4O2S. The Morgan fingerprint density at radius 1 is 1.40 bits per heavy atom. The number of rotatable bonds is 3. The first kappa shape index (κ1) is 12.7. The predicted molar refractivity (Wildman–Crippen MR) is 76.3 cm³/mol. The molecule has 2 aromatic heterocycles. The number of para-hydroxylation sites is 1. The fraction of sp³-hybridized carbons (Fsp3) is 0.231. The van der Waals surface area contributed by atoms with Gasteiger partial charge in [-0.25, -0.2) is 4.98 Å². The maximum absolute atomic E-state index is 12.5. The maximum atomic E-state index is 12.5. The molecule has 0 spiro atoms. The molecule has 102 valence electrons. The largest absolute Gasteiger partial charge is 0.494 e. The van der Waals surface area contributed by atoms with E-state index in [9.17, 15) is 4.79 Å². The van der Waals surface area contributed by atoms with Gasteiger partial charge in [-0.05, 0) is 30.6 Å². The first-order valence-electron chi connectivity index (χ1n) is 6.00. The van der Waals surface area contributed by atoms with Crippen molar-refractivity contribution in [3.05, 3.63) is 45.5 Å². The number of benzene rings is 1. The van der Waals surface area contributed by atoms with Crippen LogP contribution in [0.4, 0.5) is 0 Å². The number of methoxy groups -OCH3 is 1. The molecule has 0 amide bonds. The summed E-state index contributed by atoms with van der Waals surface area (Å²) >= 11 is 1.29. The normalized spacial score (nSPS) is 10.9. The highest BCUT2D eigenvalue weighted by molar-refractivity contribution is 7.05. The number of aryl methyl sites for hydroxylation is 1. The van der Waals surface area contributed by atoms with Gasteiger partial charge < -0.3 is 4.74 Å². The van der Waals surface area contributed by atoms with Gasteiger partial charge in [0.2, 0.25) is 0 Å². The molecule has 2 heterocycles. The Morgan fingerprint density at radius 2 is 2.25 bits per heavy atom. The molecule has 0 bridgehead atoms. The summed E-state index contributed by atoms with van der Waals surface area (Å²) in [6.07, 6.45) is 1.53. The van der Waals surface area contributed by atoms with Gasteiger partial charge in [-0.3, -0.25) is 9.36 Å². The van der Waals surface area contributed by atoms with Gasteiger partial charge in [-0.1, -0.05) is 10.6 Å². The van der Waals surface area contributed by atoms with Crippen LogP contribution in [0.25, 0.3) is 10.9 Å². The summed E-state index contributed by atoms with van der Waals surface area (Å²) < 4.78 is 10.7. The highest BCUT2D eigenvalue weighted by Gasteiger charge is 2.10. The molecule has 3 rings (SSSR count). The number of fused-ring (bicyclic) bond motifs is 1. The van der Waals surface area contributed by atoms with Crippen LogP contribution in [-0.2, 0) is 6.54 Å². The molecule has 0 N–H and O–H groups in total. The average Bonchev–Trinajstić information content (AvgIpc) is 2.87. The van der Waals surface area contributed by atoms with Gasteiger partial charge in [0.25, 0.3) is 5.56 Å². The molecular weight excluding hydrogens is 276 g/mol. The van der Waals surface area contributed by atoms with Crippen molar-refractivity contribution in [1.82, 2.24) is 19.1 Å². The van der Waals surface area contributed by atoms with Crippen LogP contribution in [0, 0.1) is 6.92 Å². The van der Waals surface area contributed by atoms with Crippen molar-refractivity contribution in [2.75, 3.05) is 7.11 Å². The fourth-order valence-corrected chi connectivity index (χ4v) is 2.62. The molecule has 0 atom stereocenters. The van der Waals surface area contributed by atoms with Gasteiger partial charge in [0.1, 0.15) is 11.3 Å². The molecule has 0 aliphatic carbocycles. The van der Waals surface area contributed by atoms with E-state index in [0.717, 1.165) is 10.6 Å².